The molecular weight excluding hydrogens is 414 g/mol. The molecule has 0 aliphatic carbocycles. The van der Waals surface area contributed by atoms with Gasteiger partial charge < -0.3 is 9.84 Å². The van der Waals surface area contributed by atoms with Crippen LogP contribution in [0.4, 0.5) is 4.79 Å². The van der Waals surface area contributed by atoms with E-state index in [1.165, 1.54) is 0 Å². The summed E-state index contributed by atoms with van der Waals surface area (Å²) >= 11 is 0. The van der Waals surface area contributed by atoms with Crippen molar-refractivity contribution in [3.05, 3.63) is 95.8 Å². The van der Waals surface area contributed by atoms with E-state index in [2.05, 4.69) is 28.9 Å². The molecule has 1 aromatic heterocycles. The molecule has 1 spiro atoms. The summed E-state index contributed by atoms with van der Waals surface area (Å²) in [7, 11) is 0. The number of ether oxygens (including phenoxy) is 1. The fourth-order valence-electron chi connectivity index (χ4n) is 5.38. The number of piperidine rings is 1. The minimum Gasteiger partial charge on any atom is -0.508 e. The Morgan fingerprint density at radius 1 is 0.970 bits per heavy atom. The summed E-state index contributed by atoms with van der Waals surface area (Å²) in [6.07, 6.45) is 4.71. The Morgan fingerprint density at radius 2 is 1.70 bits per heavy atom. The van der Waals surface area contributed by atoms with Crippen LogP contribution in [0.3, 0.4) is 0 Å². The summed E-state index contributed by atoms with van der Waals surface area (Å²) < 4.78 is 6.26. The molecule has 2 saturated heterocycles. The van der Waals surface area contributed by atoms with Gasteiger partial charge in [0, 0.05) is 50.4 Å². The van der Waals surface area contributed by atoms with Crippen LogP contribution in [0.2, 0.25) is 0 Å². The molecule has 1 atom stereocenters. The predicted molar refractivity (Wildman–Crippen MR) is 125 cm³/mol. The number of phenolic OH excluding ortho intramolecular Hbond substituents is 1. The summed E-state index contributed by atoms with van der Waals surface area (Å²) in [4.78, 5) is 21.7. The number of nitrogens with zero attached hydrogens (tertiary/aromatic N) is 3. The van der Waals surface area contributed by atoms with Gasteiger partial charge in [0.25, 0.3) is 0 Å². The van der Waals surface area contributed by atoms with Crippen molar-refractivity contribution in [1.29, 1.82) is 0 Å². The predicted octanol–water partition coefficient (Wildman–Crippen LogP) is 4.69. The molecule has 2 aliphatic heterocycles. The number of amides is 1. The topological polar surface area (TPSA) is 65.9 Å². The lowest BCUT2D eigenvalue weighted by Crippen LogP contribution is -2.58. The molecule has 2 aromatic carbocycles. The van der Waals surface area contributed by atoms with Crippen molar-refractivity contribution in [2.75, 3.05) is 13.1 Å². The monoisotopic (exact) mass is 443 g/mol. The lowest BCUT2D eigenvalue weighted by atomic mass is 9.70. The second-order valence-corrected chi connectivity index (χ2v) is 9.15. The molecular formula is C27H29N3O3. The average Bonchev–Trinajstić information content (AvgIpc) is 3.05. The quantitative estimate of drug-likeness (QED) is 0.620. The van der Waals surface area contributed by atoms with E-state index in [0.29, 0.717) is 18.8 Å². The highest BCUT2D eigenvalue weighted by Gasteiger charge is 2.63. The highest BCUT2D eigenvalue weighted by molar-refractivity contribution is 5.73. The van der Waals surface area contributed by atoms with Crippen molar-refractivity contribution in [3.63, 3.8) is 0 Å². The minimum absolute atomic E-state index is 0.278. The number of likely N-dealkylation sites (tertiary alicyclic amines) is 1. The number of benzene rings is 2. The van der Waals surface area contributed by atoms with Gasteiger partial charge in [0.2, 0.25) is 0 Å². The molecule has 0 saturated carbocycles. The van der Waals surface area contributed by atoms with Gasteiger partial charge in [-0.05, 0) is 30.2 Å². The number of aromatic nitrogens is 1. The number of rotatable bonds is 5. The standard InChI is InChI=1S/C27H29N3O3/c1-26(23-10-3-2-4-11-23)27(33-25(32)30(26)19-21-8-7-15-28-18-21)13-16-29(17-14-27)20-22-9-5-6-12-24(22)31/h2-12,15,18,31H,13-14,16-17,19-20H2,1H3. The van der Waals surface area contributed by atoms with Gasteiger partial charge in [-0.3, -0.25) is 14.8 Å². The van der Waals surface area contributed by atoms with Crippen molar-refractivity contribution in [1.82, 2.24) is 14.8 Å². The van der Waals surface area contributed by atoms with Crippen molar-refractivity contribution >= 4 is 6.09 Å². The van der Waals surface area contributed by atoms with Gasteiger partial charge >= 0.3 is 6.09 Å². The zero-order valence-electron chi connectivity index (χ0n) is 18.9. The Hall–Kier alpha value is -3.38. The van der Waals surface area contributed by atoms with Gasteiger partial charge in [-0.25, -0.2) is 4.79 Å². The second-order valence-electron chi connectivity index (χ2n) is 9.15. The van der Waals surface area contributed by atoms with Crippen LogP contribution in [-0.4, -0.2) is 44.7 Å². The zero-order chi connectivity index (χ0) is 22.9. The molecule has 1 amide bonds. The Labute approximate surface area is 194 Å². The third-order valence-electron chi connectivity index (χ3n) is 7.38. The minimum atomic E-state index is -0.622. The Bertz CT molecular complexity index is 1110. The van der Waals surface area contributed by atoms with Gasteiger partial charge in [-0.1, -0.05) is 54.6 Å². The normalized spacial score (nSPS) is 22.5. The summed E-state index contributed by atoms with van der Waals surface area (Å²) in [5, 5.41) is 10.2. The SMILES string of the molecule is CC1(c2ccccc2)N(Cc2cccnc2)C(=O)OC12CCN(Cc1ccccc1O)CC2. The van der Waals surface area contributed by atoms with Crippen molar-refractivity contribution < 1.29 is 14.6 Å². The van der Waals surface area contributed by atoms with Gasteiger partial charge in [0.05, 0.1) is 6.54 Å². The number of para-hydroxylation sites is 1. The third kappa shape index (κ3) is 3.74. The first-order chi connectivity index (χ1) is 16.0. The van der Waals surface area contributed by atoms with Gasteiger partial charge in [0.1, 0.15) is 16.9 Å². The third-order valence-corrected chi connectivity index (χ3v) is 7.38. The molecule has 1 unspecified atom stereocenters. The highest BCUT2D eigenvalue weighted by Crippen LogP contribution is 2.52. The van der Waals surface area contributed by atoms with Gasteiger partial charge in [-0.15, -0.1) is 0 Å². The van der Waals surface area contributed by atoms with Crippen LogP contribution in [0.5, 0.6) is 5.75 Å². The van der Waals surface area contributed by atoms with E-state index in [1.54, 1.807) is 18.5 Å². The molecule has 0 bridgehead atoms. The number of hydrogen-bond acceptors (Lipinski definition) is 5. The molecule has 3 aromatic rings. The van der Waals surface area contributed by atoms with E-state index in [1.807, 2.05) is 53.4 Å². The number of carbonyl (C=O) groups excluding carboxylic acids is 1. The summed E-state index contributed by atoms with van der Waals surface area (Å²) in [5.74, 6) is 0.321. The maximum Gasteiger partial charge on any atom is 0.411 e. The molecule has 170 valence electrons. The Kier molecular flexibility index (Phi) is 5.54. The van der Waals surface area contributed by atoms with Crippen molar-refractivity contribution in [2.24, 2.45) is 0 Å². The fraction of sp³-hybridized carbons (Fsp3) is 0.333. The largest absolute Gasteiger partial charge is 0.508 e. The number of hydrogen-bond donors (Lipinski definition) is 1. The van der Waals surface area contributed by atoms with Crippen LogP contribution >= 0.6 is 0 Å². The van der Waals surface area contributed by atoms with Crippen molar-refractivity contribution in [2.45, 2.75) is 44.0 Å². The molecule has 2 aliphatic rings. The first-order valence-electron chi connectivity index (χ1n) is 11.5. The highest BCUT2D eigenvalue weighted by atomic mass is 16.6. The molecule has 33 heavy (non-hydrogen) atoms. The molecule has 5 rings (SSSR count). The number of pyridine rings is 1. The number of phenols is 1. The molecule has 6 nitrogen and oxygen atoms in total. The van der Waals surface area contributed by atoms with Crippen LogP contribution in [0.15, 0.2) is 79.1 Å². The molecule has 6 heteroatoms. The van der Waals surface area contributed by atoms with Crippen LogP contribution in [0.25, 0.3) is 0 Å². The van der Waals surface area contributed by atoms with E-state index in [-0.39, 0.29) is 6.09 Å². The van der Waals surface area contributed by atoms with E-state index >= 15 is 0 Å². The molecule has 0 radical (unpaired) electrons. The second kappa shape index (κ2) is 8.52. The molecule has 3 heterocycles. The zero-order valence-corrected chi connectivity index (χ0v) is 18.9. The van der Waals surface area contributed by atoms with E-state index in [9.17, 15) is 9.90 Å². The lowest BCUT2D eigenvalue weighted by Gasteiger charge is -2.48. The van der Waals surface area contributed by atoms with E-state index < -0.39 is 11.1 Å². The average molecular weight is 444 g/mol. The Morgan fingerprint density at radius 3 is 2.39 bits per heavy atom. The van der Waals surface area contributed by atoms with Crippen LogP contribution in [0.1, 0.15) is 36.5 Å². The maximum absolute atomic E-state index is 13.3. The van der Waals surface area contributed by atoms with Crippen molar-refractivity contribution in [3.8, 4) is 5.75 Å². The van der Waals surface area contributed by atoms with Gasteiger partial charge in [-0.2, -0.15) is 0 Å². The summed E-state index contributed by atoms with van der Waals surface area (Å²) in [5.41, 5.74) is 1.74. The van der Waals surface area contributed by atoms with Gasteiger partial charge in [0.15, 0.2) is 0 Å². The van der Waals surface area contributed by atoms with E-state index in [4.69, 9.17) is 4.74 Å². The first-order valence-corrected chi connectivity index (χ1v) is 11.5. The lowest BCUT2D eigenvalue weighted by molar-refractivity contribution is -0.0614. The molecule has 2 fully saturated rings. The van der Waals surface area contributed by atoms with Crippen LogP contribution in [-0.2, 0) is 23.4 Å². The Balaban J connectivity index is 1.44. The van der Waals surface area contributed by atoms with Crippen LogP contribution in [0, 0.1) is 0 Å². The van der Waals surface area contributed by atoms with E-state index in [0.717, 1.165) is 42.6 Å². The number of aromatic hydroxyl groups is 1. The summed E-state index contributed by atoms with van der Waals surface area (Å²) in [6, 6.07) is 21.6. The fourth-order valence-corrected chi connectivity index (χ4v) is 5.38. The number of carbonyl (C=O) groups is 1. The molecule has 1 N–H and O–H groups in total. The smallest absolute Gasteiger partial charge is 0.411 e. The maximum atomic E-state index is 13.3. The van der Waals surface area contributed by atoms with Crippen LogP contribution < -0.4 is 0 Å². The first kappa shape index (κ1) is 21.5. The summed E-state index contributed by atoms with van der Waals surface area (Å²) in [6.45, 7) is 4.83.